The van der Waals surface area contributed by atoms with Gasteiger partial charge in [-0.3, -0.25) is 9.78 Å². The van der Waals surface area contributed by atoms with Crippen LogP contribution in [0.2, 0.25) is 5.02 Å². The predicted octanol–water partition coefficient (Wildman–Crippen LogP) is 3.93. The number of pyridine rings is 1. The van der Waals surface area contributed by atoms with Gasteiger partial charge in [-0.25, -0.2) is 0 Å². The minimum absolute atomic E-state index is 0.156. The molecule has 1 aliphatic rings. The quantitative estimate of drug-likeness (QED) is 0.851. The zero-order valence-corrected chi connectivity index (χ0v) is 15.1. The molecule has 2 heterocycles. The van der Waals surface area contributed by atoms with Crippen LogP contribution >= 0.6 is 11.6 Å². The Morgan fingerprint density at radius 1 is 1.20 bits per heavy atom. The van der Waals surface area contributed by atoms with Gasteiger partial charge in [-0.15, -0.1) is 0 Å². The molecule has 132 valence electrons. The maximum Gasteiger partial charge on any atom is 0.136 e. The fourth-order valence-electron chi connectivity index (χ4n) is 3.48. The number of Topliss-reactive ketones (excluding diaryl/α,β-unsaturated/α-hetero) is 1. The van der Waals surface area contributed by atoms with Crippen molar-refractivity contribution in [3.05, 3.63) is 47.7 Å². The second-order valence-corrected chi connectivity index (χ2v) is 6.91. The van der Waals surface area contributed by atoms with Crippen molar-refractivity contribution < 1.29 is 4.79 Å². The van der Waals surface area contributed by atoms with E-state index in [1.54, 1.807) is 6.20 Å². The largest absolute Gasteiger partial charge is 0.370 e. The zero-order valence-electron chi connectivity index (χ0n) is 14.3. The van der Waals surface area contributed by atoms with Gasteiger partial charge >= 0.3 is 0 Å². The number of nitrogens with two attached hydrogens (primary N) is 1. The molecule has 1 fully saturated rings. The Kier molecular flexibility index (Phi) is 6.05. The highest BCUT2D eigenvalue weighted by atomic mass is 35.5. The highest BCUT2D eigenvalue weighted by Gasteiger charge is 2.27. The second-order valence-electron chi connectivity index (χ2n) is 6.50. The number of nitrogens with zero attached hydrogens (tertiary/aromatic N) is 2. The minimum Gasteiger partial charge on any atom is -0.370 e. The van der Waals surface area contributed by atoms with Gasteiger partial charge in [-0.1, -0.05) is 41.9 Å². The van der Waals surface area contributed by atoms with E-state index in [1.807, 2.05) is 24.4 Å². The number of halogens is 1. The Balaban J connectivity index is 1.77. The molecule has 0 spiro atoms. The van der Waals surface area contributed by atoms with Crippen molar-refractivity contribution in [1.29, 1.82) is 0 Å². The maximum atomic E-state index is 12.2. The number of ketones is 1. The number of carbonyl (C=O) groups excluding carboxylic acids is 1. The Labute approximate surface area is 154 Å². The summed E-state index contributed by atoms with van der Waals surface area (Å²) in [6.45, 7) is 2.25. The summed E-state index contributed by atoms with van der Waals surface area (Å²) in [7, 11) is 0. The van der Waals surface area contributed by atoms with Crippen LogP contribution in [0, 0.1) is 5.92 Å². The fraction of sp³-hybridized carbons (Fsp3) is 0.400. The van der Waals surface area contributed by atoms with Crippen LogP contribution in [0.15, 0.2) is 42.7 Å². The Bertz CT molecular complexity index is 712. The van der Waals surface area contributed by atoms with Crippen molar-refractivity contribution in [1.82, 2.24) is 4.98 Å². The molecule has 0 radical (unpaired) electrons. The third-order valence-electron chi connectivity index (χ3n) is 4.85. The van der Waals surface area contributed by atoms with Crippen LogP contribution in [0.4, 0.5) is 5.69 Å². The number of hydrogen-bond donors (Lipinski definition) is 1. The lowest BCUT2D eigenvalue weighted by Gasteiger charge is -2.34. The third kappa shape index (κ3) is 4.20. The number of rotatable bonds is 6. The van der Waals surface area contributed by atoms with Crippen LogP contribution in [0.3, 0.4) is 0 Å². The van der Waals surface area contributed by atoms with Gasteiger partial charge in [0, 0.05) is 43.4 Å². The molecule has 0 bridgehead atoms. The van der Waals surface area contributed by atoms with Crippen LogP contribution in [-0.2, 0) is 4.79 Å². The number of piperidine rings is 1. The molecule has 1 aromatic heterocycles. The topological polar surface area (TPSA) is 59.2 Å². The lowest BCUT2D eigenvalue weighted by atomic mass is 9.89. The summed E-state index contributed by atoms with van der Waals surface area (Å²) in [5.74, 6) is 0.512. The molecule has 2 aromatic rings. The Morgan fingerprint density at radius 2 is 1.92 bits per heavy atom. The molecule has 1 aliphatic heterocycles. The first-order valence-electron chi connectivity index (χ1n) is 8.87. The summed E-state index contributed by atoms with van der Waals surface area (Å²) >= 11 is 6.50. The molecule has 4 nitrogen and oxygen atoms in total. The van der Waals surface area contributed by atoms with Crippen molar-refractivity contribution in [2.45, 2.75) is 25.7 Å². The predicted molar refractivity (Wildman–Crippen MR) is 103 cm³/mol. The van der Waals surface area contributed by atoms with E-state index in [0.717, 1.165) is 49.2 Å². The van der Waals surface area contributed by atoms with Gasteiger partial charge in [0.1, 0.15) is 5.78 Å². The summed E-state index contributed by atoms with van der Waals surface area (Å²) in [6, 6.07) is 10.2. The van der Waals surface area contributed by atoms with E-state index in [1.165, 1.54) is 0 Å². The summed E-state index contributed by atoms with van der Waals surface area (Å²) in [4.78, 5) is 18.8. The number of aromatic nitrogens is 1. The first kappa shape index (κ1) is 17.9. The molecular formula is C20H24ClN3O. The summed E-state index contributed by atoms with van der Waals surface area (Å²) in [5, 5.41) is 0.661. The van der Waals surface area contributed by atoms with Crippen molar-refractivity contribution in [3.8, 4) is 11.1 Å². The van der Waals surface area contributed by atoms with Crippen molar-refractivity contribution in [2.75, 3.05) is 24.5 Å². The van der Waals surface area contributed by atoms with Crippen LogP contribution in [0.5, 0.6) is 0 Å². The Morgan fingerprint density at radius 3 is 2.60 bits per heavy atom. The molecular weight excluding hydrogens is 334 g/mol. The van der Waals surface area contributed by atoms with Gasteiger partial charge in [-0.05, 0) is 31.4 Å². The number of anilines is 1. The molecule has 1 aromatic carbocycles. The molecule has 25 heavy (non-hydrogen) atoms. The second kappa shape index (κ2) is 8.45. The molecule has 1 saturated heterocycles. The van der Waals surface area contributed by atoms with Crippen LogP contribution in [0.25, 0.3) is 11.1 Å². The normalized spacial score (nSPS) is 15.4. The van der Waals surface area contributed by atoms with Gasteiger partial charge in [0.15, 0.2) is 0 Å². The highest BCUT2D eigenvalue weighted by molar-refractivity contribution is 6.33. The van der Waals surface area contributed by atoms with E-state index in [-0.39, 0.29) is 5.92 Å². The SMILES string of the molecule is NCCCC(=O)C1CCN(c2c(Cl)cncc2-c2ccccc2)CC1. The minimum atomic E-state index is 0.156. The average molecular weight is 358 g/mol. The van der Waals surface area contributed by atoms with E-state index in [0.29, 0.717) is 23.8 Å². The van der Waals surface area contributed by atoms with Gasteiger partial charge in [0.2, 0.25) is 0 Å². The molecule has 5 heteroatoms. The lowest BCUT2D eigenvalue weighted by Crippen LogP contribution is -2.37. The Hall–Kier alpha value is -1.91. The number of benzene rings is 1. The van der Waals surface area contributed by atoms with Gasteiger partial charge in [-0.2, -0.15) is 0 Å². The molecule has 2 N–H and O–H groups in total. The van der Waals surface area contributed by atoms with Crippen LogP contribution < -0.4 is 10.6 Å². The first-order valence-corrected chi connectivity index (χ1v) is 9.25. The fourth-order valence-corrected chi connectivity index (χ4v) is 3.76. The van der Waals surface area contributed by atoms with E-state index < -0.39 is 0 Å². The molecule has 3 rings (SSSR count). The molecule has 0 aliphatic carbocycles. The standard InChI is InChI=1S/C20H24ClN3O/c21-18-14-23-13-17(15-5-2-1-3-6-15)20(18)24-11-8-16(9-12-24)19(25)7-4-10-22/h1-3,5-6,13-14,16H,4,7-12,22H2. The lowest BCUT2D eigenvalue weighted by molar-refractivity contribution is -0.123. The van der Waals surface area contributed by atoms with Gasteiger partial charge < -0.3 is 10.6 Å². The zero-order chi connectivity index (χ0) is 17.6. The molecule has 0 atom stereocenters. The highest BCUT2D eigenvalue weighted by Crippen LogP contribution is 2.38. The van der Waals surface area contributed by atoms with Crippen molar-refractivity contribution >= 4 is 23.1 Å². The number of carbonyl (C=O) groups is 1. The van der Waals surface area contributed by atoms with E-state index in [9.17, 15) is 4.79 Å². The van der Waals surface area contributed by atoms with Gasteiger partial charge in [0.25, 0.3) is 0 Å². The molecule has 0 unspecified atom stereocenters. The van der Waals surface area contributed by atoms with E-state index in [2.05, 4.69) is 22.0 Å². The summed E-state index contributed by atoms with van der Waals surface area (Å²) in [6.07, 6.45) is 6.70. The smallest absolute Gasteiger partial charge is 0.136 e. The van der Waals surface area contributed by atoms with Crippen LogP contribution in [0.1, 0.15) is 25.7 Å². The van der Waals surface area contributed by atoms with Crippen molar-refractivity contribution in [3.63, 3.8) is 0 Å². The van der Waals surface area contributed by atoms with E-state index >= 15 is 0 Å². The van der Waals surface area contributed by atoms with Crippen LogP contribution in [-0.4, -0.2) is 30.4 Å². The van der Waals surface area contributed by atoms with Crippen molar-refractivity contribution in [2.24, 2.45) is 11.7 Å². The maximum absolute atomic E-state index is 12.2. The first-order chi connectivity index (χ1) is 12.2. The van der Waals surface area contributed by atoms with Gasteiger partial charge in [0.05, 0.1) is 10.7 Å². The average Bonchev–Trinajstić information content (AvgIpc) is 2.67. The molecule has 0 saturated carbocycles. The molecule has 0 amide bonds. The third-order valence-corrected chi connectivity index (χ3v) is 5.13. The monoisotopic (exact) mass is 357 g/mol. The number of hydrogen-bond acceptors (Lipinski definition) is 4. The summed E-state index contributed by atoms with van der Waals surface area (Å²) in [5.41, 5.74) is 8.68. The summed E-state index contributed by atoms with van der Waals surface area (Å²) < 4.78 is 0. The van der Waals surface area contributed by atoms with E-state index in [4.69, 9.17) is 17.3 Å².